The number of fused-ring (bicyclic) bond motifs is 1. The normalized spacial score (nSPS) is 18.1. The zero-order valence-corrected chi connectivity index (χ0v) is 20.2. The van der Waals surface area contributed by atoms with Crippen molar-refractivity contribution in [2.24, 2.45) is 16.8 Å². The van der Waals surface area contributed by atoms with Crippen LogP contribution in [0.5, 0.6) is 5.75 Å². The van der Waals surface area contributed by atoms with Crippen LogP contribution in [0.2, 0.25) is 0 Å². The fourth-order valence-corrected chi connectivity index (χ4v) is 4.46. The van der Waals surface area contributed by atoms with Gasteiger partial charge in [0.25, 0.3) is 0 Å². The van der Waals surface area contributed by atoms with Gasteiger partial charge in [0.15, 0.2) is 5.11 Å². The fraction of sp³-hybridized carbons (Fsp3) is 0.296. The van der Waals surface area contributed by atoms with Crippen LogP contribution in [-0.4, -0.2) is 23.3 Å². The van der Waals surface area contributed by atoms with Crippen LogP contribution in [0, 0.1) is 18.8 Å². The monoisotopic (exact) mass is 459 g/mol. The Hall–Kier alpha value is -3.25. The van der Waals surface area contributed by atoms with Gasteiger partial charge in [-0.05, 0) is 60.6 Å². The van der Waals surface area contributed by atoms with Crippen LogP contribution >= 0.6 is 12.2 Å². The number of nitrogens with one attached hydrogen (secondary N) is 2. The molecule has 3 aromatic rings. The Kier molecular flexibility index (Phi) is 6.75. The first kappa shape index (κ1) is 22.9. The summed E-state index contributed by atoms with van der Waals surface area (Å²) >= 11 is 5.41. The van der Waals surface area contributed by atoms with Crippen LogP contribution in [0.4, 0.5) is 5.69 Å². The number of para-hydroxylation sites is 1. The number of rotatable bonds is 6. The molecule has 0 saturated carbocycles. The maximum Gasteiger partial charge on any atom is 0.235 e. The first-order chi connectivity index (χ1) is 15.8. The molecule has 0 radical (unpaired) electrons. The molecule has 6 heteroatoms. The standard InChI is InChI=1S/C27H29N3O2S/c1-16(2)15-32-23-14-13-21(19-10-6-7-11-20(19)23)25-24(18(4)28-27(33)30-25)26(31)29-22-12-8-5-9-17(22)3/h5-14,16,24-25H,15H2,1-4H3,(H,29,31)(H,30,33). The number of hydrogen-bond acceptors (Lipinski definition) is 3. The van der Waals surface area contributed by atoms with E-state index in [0.29, 0.717) is 23.3 Å². The van der Waals surface area contributed by atoms with Gasteiger partial charge < -0.3 is 15.4 Å². The summed E-state index contributed by atoms with van der Waals surface area (Å²) in [4.78, 5) is 17.9. The molecule has 1 amide bonds. The smallest absolute Gasteiger partial charge is 0.235 e. The highest BCUT2D eigenvalue weighted by molar-refractivity contribution is 7.80. The van der Waals surface area contributed by atoms with Crippen LogP contribution in [0.1, 0.15) is 37.9 Å². The maximum atomic E-state index is 13.5. The summed E-state index contributed by atoms with van der Waals surface area (Å²) in [6.45, 7) is 8.74. The number of amides is 1. The Morgan fingerprint density at radius 3 is 2.48 bits per heavy atom. The third-order valence-corrected chi connectivity index (χ3v) is 6.06. The molecule has 2 unspecified atom stereocenters. The predicted octanol–water partition coefficient (Wildman–Crippen LogP) is 5.83. The molecule has 1 aliphatic rings. The third-order valence-electron chi connectivity index (χ3n) is 5.85. The highest BCUT2D eigenvalue weighted by Gasteiger charge is 2.37. The second-order valence-electron chi connectivity index (χ2n) is 8.87. The Labute approximate surface area is 200 Å². The lowest BCUT2D eigenvalue weighted by atomic mass is 9.85. The van der Waals surface area contributed by atoms with Gasteiger partial charge in [-0.3, -0.25) is 4.79 Å². The summed E-state index contributed by atoms with van der Waals surface area (Å²) < 4.78 is 6.08. The number of carbonyl (C=O) groups excluding carboxylic acids is 1. The number of anilines is 1. The Morgan fingerprint density at radius 1 is 1.06 bits per heavy atom. The maximum absolute atomic E-state index is 13.5. The van der Waals surface area contributed by atoms with E-state index in [9.17, 15) is 4.79 Å². The summed E-state index contributed by atoms with van der Waals surface area (Å²) in [5.74, 6) is 0.638. The van der Waals surface area contributed by atoms with Gasteiger partial charge in [-0.2, -0.15) is 0 Å². The number of nitrogens with zero attached hydrogens (tertiary/aromatic N) is 1. The van der Waals surface area contributed by atoms with Crippen molar-refractivity contribution in [3.8, 4) is 5.75 Å². The molecule has 0 bridgehead atoms. The van der Waals surface area contributed by atoms with Gasteiger partial charge in [0.05, 0.1) is 12.6 Å². The second-order valence-corrected chi connectivity index (χ2v) is 9.25. The molecule has 4 rings (SSSR count). The van der Waals surface area contributed by atoms with Crippen LogP contribution in [-0.2, 0) is 4.79 Å². The first-order valence-corrected chi connectivity index (χ1v) is 11.6. The number of carbonyl (C=O) groups is 1. The topological polar surface area (TPSA) is 62.7 Å². The van der Waals surface area contributed by atoms with E-state index >= 15 is 0 Å². The number of aryl methyl sites for hydroxylation is 1. The van der Waals surface area contributed by atoms with Crippen molar-refractivity contribution < 1.29 is 9.53 Å². The lowest BCUT2D eigenvalue weighted by molar-refractivity contribution is -0.118. The number of aliphatic imine (C=N–C) groups is 1. The van der Waals surface area contributed by atoms with Crippen LogP contribution < -0.4 is 15.4 Å². The average Bonchev–Trinajstić information content (AvgIpc) is 2.78. The molecule has 5 nitrogen and oxygen atoms in total. The van der Waals surface area contributed by atoms with E-state index in [2.05, 4.69) is 41.6 Å². The summed E-state index contributed by atoms with van der Waals surface area (Å²) in [7, 11) is 0. The molecule has 33 heavy (non-hydrogen) atoms. The van der Waals surface area contributed by atoms with Crippen molar-refractivity contribution in [1.82, 2.24) is 5.32 Å². The minimum absolute atomic E-state index is 0.116. The van der Waals surface area contributed by atoms with Crippen molar-refractivity contribution in [3.05, 3.63) is 71.8 Å². The molecule has 1 heterocycles. The van der Waals surface area contributed by atoms with E-state index in [0.717, 1.165) is 33.3 Å². The Morgan fingerprint density at radius 2 is 1.76 bits per heavy atom. The molecule has 0 fully saturated rings. The van der Waals surface area contributed by atoms with Gasteiger partial charge >= 0.3 is 0 Å². The molecular weight excluding hydrogens is 430 g/mol. The quantitative estimate of drug-likeness (QED) is 0.456. The summed E-state index contributed by atoms with van der Waals surface area (Å²) in [6, 6.07) is 19.6. The number of hydrogen-bond donors (Lipinski definition) is 2. The van der Waals surface area contributed by atoms with Crippen molar-refractivity contribution in [1.29, 1.82) is 0 Å². The summed E-state index contributed by atoms with van der Waals surface area (Å²) in [5, 5.41) is 8.82. The largest absolute Gasteiger partial charge is 0.493 e. The molecule has 170 valence electrons. The second kappa shape index (κ2) is 9.71. The van der Waals surface area contributed by atoms with E-state index < -0.39 is 5.92 Å². The molecule has 2 atom stereocenters. The zero-order chi connectivity index (χ0) is 23.5. The molecule has 0 aliphatic carbocycles. The fourth-order valence-electron chi connectivity index (χ4n) is 4.19. The SMILES string of the molecule is CC1=NC(=S)NC(c2ccc(OCC(C)C)c3ccccc23)C1C(=O)Nc1ccccc1C. The molecule has 3 aromatic carbocycles. The van der Waals surface area contributed by atoms with Gasteiger partial charge in [-0.25, -0.2) is 4.99 Å². The van der Waals surface area contributed by atoms with Crippen LogP contribution in [0.3, 0.4) is 0 Å². The first-order valence-electron chi connectivity index (χ1n) is 11.2. The highest BCUT2D eigenvalue weighted by atomic mass is 32.1. The van der Waals surface area contributed by atoms with Gasteiger partial charge in [0, 0.05) is 16.8 Å². The number of thiocarbonyl (C=S) groups is 1. The van der Waals surface area contributed by atoms with Crippen molar-refractivity contribution in [2.45, 2.75) is 33.7 Å². The van der Waals surface area contributed by atoms with E-state index in [1.54, 1.807) is 0 Å². The lowest BCUT2D eigenvalue weighted by Crippen LogP contribution is -2.45. The zero-order valence-electron chi connectivity index (χ0n) is 19.4. The highest BCUT2D eigenvalue weighted by Crippen LogP contribution is 2.37. The van der Waals surface area contributed by atoms with E-state index in [1.165, 1.54) is 0 Å². The third kappa shape index (κ3) is 4.91. The molecule has 0 spiro atoms. The summed E-state index contributed by atoms with van der Waals surface area (Å²) in [6.07, 6.45) is 0. The minimum Gasteiger partial charge on any atom is -0.493 e. The van der Waals surface area contributed by atoms with E-state index in [1.807, 2.05) is 62.4 Å². The van der Waals surface area contributed by atoms with Crippen LogP contribution in [0.25, 0.3) is 10.8 Å². The van der Waals surface area contributed by atoms with Gasteiger partial charge in [0.1, 0.15) is 11.7 Å². The van der Waals surface area contributed by atoms with Gasteiger partial charge in [-0.15, -0.1) is 0 Å². The molecular formula is C27H29N3O2S. The minimum atomic E-state index is -0.512. The van der Waals surface area contributed by atoms with Crippen molar-refractivity contribution in [3.63, 3.8) is 0 Å². The number of benzene rings is 3. The van der Waals surface area contributed by atoms with Crippen LogP contribution in [0.15, 0.2) is 65.7 Å². The summed E-state index contributed by atoms with van der Waals surface area (Å²) in [5.41, 5.74) is 3.49. The molecule has 0 saturated heterocycles. The Bertz CT molecular complexity index is 1240. The number of ether oxygens (including phenoxy) is 1. The lowest BCUT2D eigenvalue weighted by Gasteiger charge is -2.32. The predicted molar refractivity (Wildman–Crippen MR) is 139 cm³/mol. The molecule has 1 aliphatic heterocycles. The van der Waals surface area contributed by atoms with Gasteiger partial charge in [-0.1, -0.05) is 62.4 Å². The van der Waals surface area contributed by atoms with E-state index in [-0.39, 0.29) is 11.9 Å². The Balaban J connectivity index is 1.75. The van der Waals surface area contributed by atoms with Crippen molar-refractivity contribution in [2.75, 3.05) is 11.9 Å². The van der Waals surface area contributed by atoms with Gasteiger partial charge in [0.2, 0.25) is 5.91 Å². The van der Waals surface area contributed by atoms with Crippen molar-refractivity contribution >= 4 is 45.4 Å². The molecule has 0 aromatic heterocycles. The van der Waals surface area contributed by atoms with E-state index in [4.69, 9.17) is 17.0 Å². The average molecular weight is 460 g/mol. The molecule has 2 N–H and O–H groups in total.